The molecule has 5 aliphatic carbocycles. The second-order valence-electron chi connectivity index (χ2n) is 9.64. The van der Waals surface area contributed by atoms with Crippen molar-refractivity contribution < 1.29 is 4.79 Å². The third-order valence-electron chi connectivity index (χ3n) is 7.95. The van der Waals surface area contributed by atoms with Gasteiger partial charge in [0.15, 0.2) is 0 Å². The lowest BCUT2D eigenvalue weighted by atomic mass is 9.48. The van der Waals surface area contributed by atoms with Gasteiger partial charge in [-0.05, 0) is 82.0 Å². The van der Waals surface area contributed by atoms with Crippen LogP contribution in [0.4, 0.5) is 0 Å². The maximum Gasteiger partial charge on any atom is 0.229 e. The van der Waals surface area contributed by atoms with E-state index >= 15 is 0 Å². The molecule has 0 aromatic heterocycles. The average Bonchev–Trinajstić information content (AvgIpc) is 2.51. The van der Waals surface area contributed by atoms with Crippen LogP contribution in [0.2, 0.25) is 0 Å². The maximum atomic E-state index is 13.7. The van der Waals surface area contributed by atoms with Gasteiger partial charge in [0.2, 0.25) is 5.91 Å². The summed E-state index contributed by atoms with van der Waals surface area (Å²) in [7, 11) is 0. The Labute approximate surface area is 145 Å². The molecule has 2 nitrogen and oxygen atoms in total. The average molecular weight is 336 g/mol. The summed E-state index contributed by atoms with van der Waals surface area (Å²) in [4.78, 5) is 16.0. The van der Waals surface area contributed by atoms with Crippen LogP contribution in [0.15, 0.2) is 0 Å². The summed E-state index contributed by atoms with van der Waals surface area (Å²) in [5.41, 5.74) is -0.0782. The molecule has 0 N–H and O–H groups in total. The number of carbonyl (C=O) groups excluding carboxylic acids is 1. The Morgan fingerprint density at radius 1 is 0.957 bits per heavy atom. The van der Waals surface area contributed by atoms with Crippen molar-refractivity contribution in [3.63, 3.8) is 0 Å². The standard InChI is InChI=1S/C20H30ClNO/c21-20-11-14-8-15(12-20)10-19(9-14,13-20)18(23)22-7-3-5-16-4-1-2-6-17(16)22/h14-17H,1-13H2. The number of likely N-dealkylation sites (tertiary alicyclic amines) is 1. The summed E-state index contributed by atoms with van der Waals surface area (Å²) in [5.74, 6) is 2.77. The molecule has 6 aliphatic rings. The number of fused-ring (bicyclic) bond motifs is 1. The number of halogens is 1. The highest BCUT2D eigenvalue weighted by atomic mass is 35.5. The van der Waals surface area contributed by atoms with E-state index in [2.05, 4.69) is 4.90 Å². The molecule has 128 valence electrons. The molecule has 23 heavy (non-hydrogen) atoms. The quantitative estimate of drug-likeness (QED) is 0.633. The van der Waals surface area contributed by atoms with E-state index in [0.717, 1.165) is 43.6 Å². The first-order valence-corrected chi connectivity index (χ1v) is 10.4. The number of nitrogens with zero attached hydrogens (tertiary/aromatic N) is 1. The van der Waals surface area contributed by atoms with E-state index in [0.29, 0.717) is 11.9 Å². The number of alkyl halides is 1. The highest BCUT2D eigenvalue weighted by molar-refractivity contribution is 6.24. The lowest BCUT2D eigenvalue weighted by molar-refractivity contribution is -0.162. The Morgan fingerprint density at radius 3 is 2.39 bits per heavy atom. The molecule has 1 aliphatic heterocycles. The van der Waals surface area contributed by atoms with Gasteiger partial charge in [0.25, 0.3) is 0 Å². The molecule has 4 bridgehead atoms. The molecule has 0 spiro atoms. The number of piperidine rings is 1. The molecule has 6 fully saturated rings. The van der Waals surface area contributed by atoms with Gasteiger partial charge in [-0.15, -0.1) is 11.6 Å². The predicted molar refractivity (Wildman–Crippen MR) is 92.4 cm³/mol. The summed E-state index contributed by atoms with van der Waals surface area (Å²) >= 11 is 6.97. The number of rotatable bonds is 1. The topological polar surface area (TPSA) is 20.3 Å². The van der Waals surface area contributed by atoms with Gasteiger partial charge < -0.3 is 4.90 Å². The second kappa shape index (κ2) is 5.13. The Balaban J connectivity index is 1.43. The lowest BCUT2D eigenvalue weighted by Gasteiger charge is -2.60. The van der Waals surface area contributed by atoms with E-state index in [4.69, 9.17) is 11.6 Å². The van der Waals surface area contributed by atoms with Crippen molar-refractivity contribution in [3.8, 4) is 0 Å². The van der Waals surface area contributed by atoms with Gasteiger partial charge in [0, 0.05) is 17.5 Å². The predicted octanol–water partition coefficient (Wildman–Crippen LogP) is 4.75. The lowest BCUT2D eigenvalue weighted by Crippen LogP contribution is -2.62. The molecule has 6 rings (SSSR count). The zero-order valence-electron chi connectivity index (χ0n) is 14.2. The van der Waals surface area contributed by atoms with Crippen LogP contribution in [-0.4, -0.2) is 28.3 Å². The van der Waals surface area contributed by atoms with E-state index in [-0.39, 0.29) is 10.3 Å². The molecule has 3 heteroatoms. The highest BCUT2D eigenvalue weighted by Gasteiger charge is 2.61. The number of hydrogen-bond donors (Lipinski definition) is 0. The van der Waals surface area contributed by atoms with E-state index in [1.54, 1.807) is 0 Å². The molecule has 1 amide bonds. The molecule has 1 heterocycles. The summed E-state index contributed by atoms with van der Waals surface area (Å²) in [6.45, 7) is 1.02. The molecule has 0 radical (unpaired) electrons. The van der Waals surface area contributed by atoms with Gasteiger partial charge in [-0.25, -0.2) is 0 Å². The van der Waals surface area contributed by atoms with Crippen LogP contribution in [0.3, 0.4) is 0 Å². The summed E-state index contributed by atoms with van der Waals surface area (Å²) in [6.07, 6.45) is 14.8. The monoisotopic (exact) mass is 335 g/mol. The first-order valence-electron chi connectivity index (χ1n) is 10.1. The van der Waals surface area contributed by atoms with E-state index in [9.17, 15) is 4.79 Å². The van der Waals surface area contributed by atoms with Gasteiger partial charge in [-0.3, -0.25) is 4.79 Å². The molecule has 4 atom stereocenters. The fourth-order valence-corrected chi connectivity index (χ4v) is 8.27. The Bertz CT molecular complexity index is 502. The summed E-state index contributed by atoms with van der Waals surface area (Å²) in [5, 5.41) is 0. The van der Waals surface area contributed by atoms with Crippen molar-refractivity contribution in [2.24, 2.45) is 23.2 Å². The van der Waals surface area contributed by atoms with Crippen LogP contribution in [0.25, 0.3) is 0 Å². The molecule has 0 aromatic carbocycles. The second-order valence-corrected chi connectivity index (χ2v) is 10.4. The fourth-order valence-electron chi connectivity index (χ4n) is 7.58. The zero-order chi connectivity index (χ0) is 15.7. The number of carbonyl (C=O) groups is 1. The van der Waals surface area contributed by atoms with Gasteiger partial charge in [0.1, 0.15) is 0 Å². The van der Waals surface area contributed by atoms with Crippen LogP contribution < -0.4 is 0 Å². The molecule has 1 saturated heterocycles. The van der Waals surface area contributed by atoms with Crippen molar-refractivity contribution in [1.29, 1.82) is 0 Å². The Morgan fingerprint density at radius 2 is 1.65 bits per heavy atom. The molecule has 0 aromatic rings. The Hall–Kier alpha value is -0.240. The number of amides is 1. The zero-order valence-corrected chi connectivity index (χ0v) is 15.0. The minimum atomic E-state index is -0.0782. The third kappa shape index (κ3) is 2.30. The first kappa shape index (κ1) is 15.0. The fraction of sp³-hybridized carbons (Fsp3) is 0.950. The molecule has 5 saturated carbocycles. The molecule has 4 unspecified atom stereocenters. The van der Waals surface area contributed by atoms with E-state index in [1.807, 2.05) is 0 Å². The van der Waals surface area contributed by atoms with Crippen molar-refractivity contribution in [1.82, 2.24) is 4.90 Å². The van der Waals surface area contributed by atoms with Crippen LogP contribution in [0, 0.1) is 23.2 Å². The molecular weight excluding hydrogens is 306 g/mol. The van der Waals surface area contributed by atoms with Gasteiger partial charge in [-0.2, -0.15) is 0 Å². The molecular formula is C20H30ClNO. The third-order valence-corrected chi connectivity index (χ3v) is 8.39. The van der Waals surface area contributed by atoms with Crippen LogP contribution in [0.5, 0.6) is 0 Å². The minimum Gasteiger partial charge on any atom is -0.339 e. The maximum absolute atomic E-state index is 13.7. The van der Waals surface area contributed by atoms with Gasteiger partial charge in [-0.1, -0.05) is 12.8 Å². The van der Waals surface area contributed by atoms with Crippen molar-refractivity contribution >= 4 is 17.5 Å². The van der Waals surface area contributed by atoms with Crippen molar-refractivity contribution in [2.75, 3.05) is 6.54 Å². The van der Waals surface area contributed by atoms with Gasteiger partial charge in [0.05, 0.1) is 5.41 Å². The smallest absolute Gasteiger partial charge is 0.229 e. The summed E-state index contributed by atoms with van der Waals surface area (Å²) < 4.78 is 0. The van der Waals surface area contributed by atoms with Crippen LogP contribution >= 0.6 is 11.6 Å². The van der Waals surface area contributed by atoms with Crippen LogP contribution in [0.1, 0.15) is 77.0 Å². The highest BCUT2D eigenvalue weighted by Crippen LogP contribution is 2.64. The SMILES string of the molecule is O=C(N1CCCC2CCCCC21)C12CC3CC(CC(Cl)(C3)C1)C2. The van der Waals surface area contributed by atoms with E-state index < -0.39 is 0 Å². The number of hydrogen-bond acceptors (Lipinski definition) is 1. The Kier molecular flexibility index (Phi) is 3.36. The summed E-state index contributed by atoms with van der Waals surface area (Å²) in [6, 6.07) is 0.560. The van der Waals surface area contributed by atoms with Crippen molar-refractivity contribution in [2.45, 2.75) is 88.0 Å². The normalized spacial score (nSPS) is 51.6. The largest absolute Gasteiger partial charge is 0.339 e. The van der Waals surface area contributed by atoms with Crippen molar-refractivity contribution in [3.05, 3.63) is 0 Å². The van der Waals surface area contributed by atoms with E-state index in [1.165, 1.54) is 57.8 Å². The minimum absolute atomic E-state index is 0.0402. The first-order chi connectivity index (χ1) is 11.1. The van der Waals surface area contributed by atoms with Crippen LogP contribution in [-0.2, 0) is 4.79 Å². The van der Waals surface area contributed by atoms with Gasteiger partial charge >= 0.3 is 0 Å².